The summed E-state index contributed by atoms with van der Waals surface area (Å²) in [6.07, 6.45) is 4.43. The SMILES string of the molecule is CN(C)c1cc(C#CC2=CCCCC2)c(O)c2c1CC1CC3C(N(C)C)C(=O)C(C(N)O)=C(O)C3(O)C(=O)C1=C2O. The predicted octanol–water partition coefficient (Wildman–Crippen LogP) is 1.67. The Labute approximate surface area is 239 Å². The van der Waals surface area contributed by atoms with Crippen molar-refractivity contribution in [1.29, 1.82) is 0 Å². The number of phenolic OH excluding ortho intramolecular Hbond substituents is 1. The Morgan fingerprint density at radius 2 is 1.80 bits per heavy atom. The van der Waals surface area contributed by atoms with Crippen LogP contribution in [0.4, 0.5) is 5.69 Å². The van der Waals surface area contributed by atoms with Gasteiger partial charge in [-0.2, -0.15) is 0 Å². The minimum atomic E-state index is -2.61. The van der Waals surface area contributed by atoms with Gasteiger partial charge in [-0.3, -0.25) is 14.5 Å². The smallest absolute Gasteiger partial charge is 0.202 e. The molecule has 0 aromatic heterocycles. The summed E-state index contributed by atoms with van der Waals surface area (Å²) >= 11 is 0. The molecule has 1 aromatic carbocycles. The second kappa shape index (κ2) is 10.3. The van der Waals surface area contributed by atoms with E-state index in [1.54, 1.807) is 20.2 Å². The van der Waals surface area contributed by atoms with Gasteiger partial charge in [-0.05, 0) is 75.7 Å². The van der Waals surface area contributed by atoms with Crippen LogP contribution in [0.1, 0.15) is 48.8 Å². The number of fused-ring (bicyclic) bond motifs is 3. The van der Waals surface area contributed by atoms with Gasteiger partial charge in [-0.1, -0.05) is 17.9 Å². The van der Waals surface area contributed by atoms with Crippen LogP contribution in [0.15, 0.2) is 34.6 Å². The number of allylic oxidation sites excluding steroid dienone is 2. The number of carbonyl (C=O) groups excluding carboxylic acids is 2. The third-order valence-electron chi connectivity index (χ3n) is 8.91. The summed E-state index contributed by atoms with van der Waals surface area (Å²) in [7, 11) is 6.87. The quantitative estimate of drug-likeness (QED) is 0.235. The van der Waals surface area contributed by atoms with Crippen LogP contribution in [0.25, 0.3) is 5.76 Å². The first-order valence-electron chi connectivity index (χ1n) is 13.9. The zero-order valence-electron chi connectivity index (χ0n) is 23.7. The minimum Gasteiger partial charge on any atom is -0.508 e. The summed E-state index contributed by atoms with van der Waals surface area (Å²) in [6, 6.07) is 0.701. The average molecular weight is 564 g/mol. The van der Waals surface area contributed by atoms with Crippen molar-refractivity contribution >= 4 is 23.0 Å². The predicted molar refractivity (Wildman–Crippen MR) is 153 cm³/mol. The molecular formula is C31H37N3O7. The van der Waals surface area contributed by atoms with Gasteiger partial charge in [0.25, 0.3) is 0 Å². The Bertz CT molecular complexity index is 1490. The number of benzene rings is 1. The highest BCUT2D eigenvalue weighted by atomic mass is 16.4. The topological polar surface area (TPSA) is 168 Å². The largest absolute Gasteiger partial charge is 0.508 e. The molecule has 5 rings (SSSR count). The molecule has 5 atom stereocenters. The van der Waals surface area contributed by atoms with E-state index in [1.807, 2.05) is 19.0 Å². The fourth-order valence-corrected chi connectivity index (χ4v) is 6.96. The van der Waals surface area contributed by atoms with E-state index in [0.29, 0.717) is 11.3 Å². The van der Waals surface area contributed by atoms with Crippen LogP contribution >= 0.6 is 0 Å². The van der Waals surface area contributed by atoms with Crippen LogP contribution in [0.3, 0.4) is 0 Å². The lowest BCUT2D eigenvalue weighted by Gasteiger charge is -2.50. The molecule has 10 nitrogen and oxygen atoms in total. The molecule has 0 amide bonds. The third kappa shape index (κ3) is 4.35. The lowest BCUT2D eigenvalue weighted by molar-refractivity contribution is -0.154. The van der Waals surface area contributed by atoms with Gasteiger partial charge in [0.2, 0.25) is 5.78 Å². The van der Waals surface area contributed by atoms with Crippen molar-refractivity contribution in [2.24, 2.45) is 17.6 Å². The highest BCUT2D eigenvalue weighted by Gasteiger charge is 2.64. The van der Waals surface area contributed by atoms with E-state index in [4.69, 9.17) is 5.73 Å². The van der Waals surface area contributed by atoms with Gasteiger partial charge in [-0.15, -0.1) is 0 Å². The Balaban J connectivity index is 1.71. The number of phenols is 1. The van der Waals surface area contributed by atoms with Gasteiger partial charge in [-0.25, -0.2) is 0 Å². The highest BCUT2D eigenvalue weighted by Crippen LogP contribution is 2.54. The van der Waals surface area contributed by atoms with Crippen molar-refractivity contribution in [3.05, 3.63) is 51.3 Å². The van der Waals surface area contributed by atoms with Gasteiger partial charge in [0.1, 0.15) is 23.5 Å². The van der Waals surface area contributed by atoms with E-state index in [9.17, 15) is 35.1 Å². The van der Waals surface area contributed by atoms with Gasteiger partial charge in [0.15, 0.2) is 11.4 Å². The molecule has 0 aliphatic heterocycles. The van der Waals surface area contributed by atoms with Crippen LogP contribution in [0.2, 0.25) is 0 Å². The molecule has 10 heteroatoms. The molecule has 218 valence electrons. The molecule has 7 N–H and O–H groups in total. The molecule has 0 spiro atoms. The van der Waals surface area contributed by atoms with E-state index in [-0.39, 0.29) is 35.3 Å². The Hall–Kier alpha value is -3.62. The molecule has 41 heavy (non-hydrogen) atoms. The standard InChI is InChI=1S/C31H37N3O7/c1-33(2)20-14-16(11-10-15-8-6-5-7-9-15)25(35)22-18(20)12-17-13-19-24(34(3)4)27(37)23(30(32)40)29(39)31(19,41)28(38)21(17)26(22)36/h8,14,17,19,24,30,35-36,39-41H,5-7,9,12-13,32H2,1-4H3. The van der Waals surface area contributed by atoms with Gasteiger partial charge in [0.05, 0.1) is 22.7 Å². The Kier molecular flexibility index (Phi) is 7.28. The number of carbonyl (C=O) groups is 2. The lowest BCUT2D eigenvalue weighted by Crippen LogP contribution is -2.66. The van der Waals surface area contributed by atoms with Crippen LogP contribution in [0.5, 0.6) is 5.75 Å². The van der Waals surface area contributed by atoms with E-state index < -0.39 is 58.4 Å². The zero-order chi connectivity index (χ0) is 30.0. The van der Waals surface area contributed by atoms with E-state index in [0.717, 1.165) is 31.3 Å². The molecular weight excluding hydrogens is 526 g/mol. The first-order chi connectivity index (χ1) is 19.3. The molecule has 5 unspecified atom stereocenters. The van der Waals surface area contributed by atoms with Crippen LogP contribution in [-0.4, -0.2) is 88.1 Å². The summed E-state index contributed by atoms with van der Waals surface area (Å²) in [5, 5.41) is 56.0. The molecule has 0 radical (unpaired) electrons. The van der Waals surface area contributed by atoms with Gasteiger partial charge < -0.3 is 36.2 Å². The number of aromatic hydroxyl groups is 1. The van der Waals surface area contributed by atoms with Crippen LogP contribution in [-0.2, 0) is 16.0 Å². The number of hydrogen-bond donors (Lipinski definition) is 6. The van der Waals surface area contributed by atoms with E-state index >= 15 is 0 Å². The third-order valence-corrected chi connectivity index (χ3v) is 8.91. The van der Waals surface area contributed by atoms with E-state index in [2.05, 4.69) is 17.9 Å². The number of anilines is 1. The Morgan fingerprint density at radius 1 is 1.10 bits per heavy atom. The van der Waals surface area contributed by atoms with Crippen molar-refractivity contribution in [2.45, 2.75) is 56.4 Å². The fourth-order valence-electron chi connectivity index (χ4n) is 6.96. The Morgan fingerprint density at radius 3 is 2.39 bits per heavy atom. The monoisotopic (exact) mass is 563 g/mol. The fraction of sp³-hybridized carbons (Fsp3) is 0.484. The molecule has 1 saturated carbocycles. The second-order valence-corrected chi connectivity index (χ2v) is 11.8. The van der Waals surface area contributed by atoms with E-state index in [1.165, 1.54) is 4.90 Å². The van der Waals surface area contributed by atoms with Crippen molar-refractivity contribution in [2.75, 3.05) is 33.1 Å². The molecule has 1 fully saturated rings. The number of ketones is 2. The first kappa shape index (κ1) is 28.9. The molecule has 4 aliphatic carbocycles. The molecule has 0 bridgehead atoms. The molecule has 1 aromatic rings. The number of Topliss-reactive ketones (excluding diaryl/α,β-unsaturated/α-hetero) is 2. The summed E-state index contributed by atoms with van der Waals surface area (Å²) in [5.41, 5.74) is 4.83. The molecule has 0 saturated heterocycles. The number of hydrogen-bond acceptors (Lipinski definition) is 10. The lowest BCUT2D eigenvalue weighted by atomic mass is 9.57. The van der Waals surface area contributed by atoms with Crippen molar-refractivity contribution in [1.82, 2.24) is 4.90 Å². The molecule has 0 heterocycles. The summed E-state index contributed by atoms with van der Waals surface area (Å²) in [4.78, 5) is 30.8. The molecule has 4 aliphatic rings. The number of likely N-dealkylation sites (N-methyl/N-ethyl adjacent to an activating group) is 1. The number of aliphatic hydroxyl groups is 4. The highest BCUT2D eigenvalue weighted by molar-refractivity contribution is 6.14. The van der Waals surface area contributed by atoms with Crippen molar-refractivity contribution < 1.29 is 35.1 Å². The number of nitrogens with zero attached hydrogens (tertiary/aromatic N) is 2. The number of nitrogens with two attached hydrogens (primary N) is 1. The second-order valence-electron chi connectivity index (χ2n) is 11.8. The van der Waals surface area contributed by atoms with Gasteiger partial charge in [0, 0.05) is 31.3 Å². The zero-order valence-corrected chi connectivity index (χ0v) is 23.7. The maximum Gasteiger partial charge on any atom is 0.202 e. The first-order valence-corrected chi connectivity index (χ1v) is 13.9. The normalized spacial score (nSPS) is 28.4. The number of aliphatic hydroxyl groups excluding tert-OH is 3. The van der Waals surface area contributed by atoms with Crippen molar-refractivity contribution in [3.8, 4) is 17.6 Å². The van der Waals surface area contributed by atoms with Crippen molar-refractivity contribution in [3.63, 3.8) is 0 Å². The minimum absolute atomic E-state index is 0.0540. The number of rotatable bonds is 3. The summed E-state index contributed by atoms with van der Waals surface area (Å²) in [5.74, 6) is 1.02. The van der Waals surface area contributed by atoms with Crippen LogP contribution < -0.4 is 10.6 Å². The average Bonchev–Trinajstić information content (AvgIpc) is 2.90. The van der Waals surface area contributed by atoms with Crippen LogP contribution in [0, 0.1) is 23.7 Å². The summed E-state index contributed by atoms with van der Waals surface area (Å²) < 4.78 is 0. The maximum atomic E-state index is 14.1. The maximum absolute atomic E-state index is 14.1. The van der Waals surface area contributed by atoms with Gasteiger partial charge >= 0.3 is 0 Å². The summed E-state index contributed by atoms with van der Waals surface area (Å²) in [6.45, 7) is 0.